The van der Waals surface area contributed by atoms with Crippen LogP contribution < -0.4 is 0 Å². The monoisotopic (exact) mass is 214 g/mol. The lowest BCUT2D eigenvalue weighted by Gasteiger charge is -2.18. The van der Waals surface area contributed by atoms with Crippen molar-refractivity contribution < 1.29 is 13.5 Å². The van der Waals surface area contributed by atoms with Crippen molar-refractivity contribution in [2.45, 2.75) is 12.3 Å². The Balaban J connectivity index is 2.45. The van der Waals surface area contributed by atoms with E-state index < -0.39 is 11.8 Å². The van der Waals surface area contributed by atoms with Crippen molar-refractivity contribution in [1.29, 1.82) is 0 Å². The summed E-state index contributed by atoms with van der Waals surface area (Å²) in [5.41, 5.74) is 0. The van der Waals surface area contributed by atoms with Crippen molar-refractivity contribution in [3.05, 3.63) is 0 Å². The van der Waals surface area contributed by atoms with Crippen molar-refractivity contribution >= 4 is 15.9 Å². The van der Waals surface area contributed by atoms with Gasteiger partial charge >= 0.3 is 0 Å². The van der Waals surface area contributed by atoms with E-state index in [-0.39, 0.29) is 11.9 Å². The molecule has 0 aromatic heterocycles. The first-order valence-corrected chi connectivity index (χ1v) is 4.30. The van der Waals surface area contributed by atoms with Gasteiger partial charge in [0.25, 0.3) is 5.92 Å². The molecule has 0 N–H and O–H groups in total. The van der Waals surface area contributed by atoms with E-state index in [2.05, 4.69) is 15.9 Å². The van der Waals surface area contributed by atoms with Crippen LogP contribution in [0.15, 0.2) is 0 Å². The lowest BCUT2D eigenvalue weighted by Crippen LogP contribution is -2.30. The van der Waals surface area contributed by atoms with Gasteiger partial charge in [-0.3, -0.25) is 0 Å². The first-order valence-electron chi connectivity index (χ1n) is 3.18. The summed E-state index contributed by atoms with van der Waals surface area (Å²) in [6.07, 6.45) is 0.485. The van der Waals surface area contributed by atoms with E-state index in [1.165, 1.54) is 0 Å². The summed E-state index contributed by atoms with van der Waals surface area (Å²) in [6, 6.07) is 0. The van der Waals surface area contributed by atoms with Gasteiger partial charge in [0.1, 0.15) is 0 Å². The van der Waals surface area contributed by atoms with Crippen LogP contribution in [0, 0.1) is 5.92 Å². The minimum atomic E-state index is -2.59. The minimum absolute atomic E-state index is 0.207. The molecule has 1 unspecified atom stereocenters. The molecule has 0 amide bonds. The van der Waals surface area contributed by atoms with E-state index in [0.717, 1.165) is 0 Å². The van der Waals surface area contributed by atoms with E-state index in [1.807, 2.05) is 0 Å². The Hall–Kier alpha value is 0.300. The summed E-state index contributed by atoms with van der Waals surface area (Å²) in [4.78, 5) is 0. The molecule has 1 fully saturated rings. The van der Waals surface area contributed by atoms with Crippen LogP contribution in [0.3, 0.4) is 0 Å². The zero-order chi connectivity index (χ0) is 7.61. The standard InChI is InChI=1S/C6H9BrF2O/c7-4-6(8,9)5-1-2-10-3-5/h5H,1-4H2. The SMILES string of the molecule is FC(F)(CBr)C1CCOC1. The van der Waals surface area contributed by atoms with E-state index in [9.17, 15) is 8.78 Å². The third-order valence-electron chi connectivity index (χ3n) is 1.71. The maximum atomic E-state index is 12.7. The highest BCUT2D eigenvalue weighted by molar-refractivity contribution is 9.09. The molecule has 1 aliphatic heterocycles. The fourth-order valence-electron chi connectivity index (χ4n) is 0.977. The first-order chi connectivity index (χ1) is 4.67. The number of alkyl halides is 3. The Morgan fingerprint density at radius 3 is 2.70 bits per heavy atom. The topological polar surface area (TPSA) is 9.23 Å². The molecule has 0 aromatic rings. The first kappa shape index (κ1) is 8.40. The van der Waals surface area contributed by atoms with E-state index >= 15 is 0 Å². The number of halogens is 3. The van der Waals surface area contributed by atoms with Crippen LogP contribution in [0.5, 0.6) is 0 Å². The largest absolute Gasteiger partial charge is 0.381 e. The fourth-order valence-corrected chi connectivity index (χ4v) is 1.43. The summed E-state index contributed by atoms with van der Waals surface area (Å²) in [5, 5.41) is -0.256. The van der Waals surface area contributed by atoms with Crippen LogP contribution in [-0.2, 0) is 4.74 Å². The summed E-state index contributed by atoms with van der Waals surface area (Å²) >= 11 is 2.78. The van der Waals surface area contributed by atoms with Crippen LogP contribution >= 0.6 is 15.9 Å². The Labute approximate surface area is 66.9 Å². The maximum absolute atomic E-state index is 12.7. The normalized spacial score (nSPS) is 27.3. The summed E-state index contributed by atoms with van der Waals surface area (Å²) < 4.78 is 30.3. The van der Waals surface area contributed by atoms with Crippen LogP contribution in [0.1, 0.15) is 6.42 Å². The van der Waals surface area contributed by atoms with Gasteiger partial charge in [-0.2, -0.15) is 0 Å². The molecule has 1 saturated heterocycles. The quantitative estimate of drug-likeness (QED) is 0.640. The molecule has 1 atom stereocenters. The van der Waals surface area contributed by atoms with Gasteiger partial charge in [0.05, 0.1) is 11.9 Å². The maximum Gasteiger partial charge on any atom is 0.262 e. The lowest BCUT2D eigenvalue weighted by molar-refractivity contribution is -0.0353. The Morgan fingerprint density at radius 2 is 2.30 bits per heavy atom. The highest BCUT2D eigenvalue weighted by atomic mass is 79.9. The Morgan fingerprint density at radius 1 is 1.60 bits per heavy atom. The van der Waals surface area contributed by atoms with Crippen LogP contribution in [0.4, 0.5) is 8.78 Å². The van der Waals surface area contributed by atoms with Crippen molar-refractivity contribution in [2.75, 3.05) is 18.5 Å². The molecule has 0 bridgehead atoms. The van der Waals surface area contributed by atoms with Gasteiger partial charge in [-0.05, 0) is 6.42 Å². The highest BCUT2D eigenvalue weighted by Gasteiger charge is 2.40. The molecule has 10 heavy (non-hydrogen) atoms. The number of hydrogen-bond acceptors (Lipinski definition) is 1. The van der Waals surface area contributed by atoms with Crippen molar-refractivity contribution in [3.63, 3.8) is 0 Å². The molecule has 0 saturated carbocycles. The number of rotatable bonds is 2. The van der Waals surface area contributed by atoms with Crippen molar-refractivity contribution in [3.8, 4) is 0 Å². The minimum Gasteiger partial charge on any atom is -0.381 e. The van der Waals surface area contributed by atoms with Gasteiger partial charge in [-0.15, -0.1) is 0 Å². The second-order valence-electron chi connectivity index (χ2n) is 2.46. The van der Waals surface area contributed by atoms with Gasteiger partial charge in [-0.1, -0.05) is 15.9 Å². The molecule has 1 rings (SSSR count). The molecule has 4 heteroatoms. The second kappa shape index (κ2) is 3.13. The average molecular weight is 215 g/mol. The summed E-state index contributed by atoms with van der Waals surface area (Å²) in [7, 11) is 0. The van der Waals surface area contributed by atoms with E-state index in [0.29, 0.717) is 13.0 Å². The fraction of sp³-hybridized carbons (Fsp3) is 1.00. The van der Waals surface area contributed by atoms with Crippen LogP contribution in [0.2, 0.25) is 0 Å². The smallest absolute Gasteiger partial charge is 0.262 e. The van der Waals surface area contributed by atoms with E-state index in [1.54, 1.807) is 0 Å². The average Bonchev–Trinajstić information content (AvgIpc) is 2.38. The van der Waals surface area contributed by atoms with Gasteiger partial charge in [0, 0.05) is 12.5 Å². The molecular weight excluding hydrogens is 206 g/mol. The van der Waals surface area contributed by atoms with Gasteiger partial charge in [-0.25, -0.2) is 8.78 Å². The summed E-state index contributed by atoms with van der Waals surface area (Å²) in [5.74, 6) is -3.16. The summed E-state index contributed by atoms with van der Waals surface area (Å²) in [6.45, 7) is 0.686. The Kier molecular flexibility index (Phi) is 2.63. The number of ether oxygens (including phenoxy) is 1. The lowest BCUT2D eigenvalue weighted by atomic mass is 10.0. The zero-order valence-electron chi connectivity index (χ0n) is 5.45. The van der Waals surface area contributed by atoms with Crippen molar-refractivity contribution in [1.82, 2.24) is 0 Å². The van der Waals surface area contributed by atoms with Gasteiger partial charge < -0.3 is 4.74 Å². The van der Waals surface area contributed by atoms with E-state index in [4.69, 9.17) is 4.74 Å². The third-order valence-corrected chi connectivity index (χ3v) is 2.45. The van der Waals surface area contributed by atoms with Gasteiger partial charge in [0.2, 0.25) is 0 Å². The molecule has 0 aromatic carbocycles. The molecule has 0 radical (unpaired) electrons. The van der Waals surface area contributed by atoms with Gasteiger partial charge in [0.15, 0.2) is 0 Å². The van der Waals surface area contributed by atoms with Crippen LogP contribution in [0.25, 0.3) is 0 Å². The molecule has 60 valence electrons. The zero-order valence-corrected chi connectivity index (χ0v) is 7.03. The highest BCUT2D eigenvalue weighted by Crippen LogP contribution is 2.32. The Bertz CT molecular complexity index is 112. The number of hydrogen-bond donors (Lipinski definition) is 0. The van der Waals surface area contributed by atoms with Crippen molar-refractivity contribution in [2.24, 2.45) is 5.92 Å². The molecule has 0 spiro atoms. The second-order valence-corrected chi connectivity index (χ2v) is 3.02. The predicted molar refractivity (Wildman–Crippen MR) is 37.7 cm³/mol. The molecule has 0 aliphatic carbocycles. The molecular formula is C6H9BrF2O. The third kappa shape index (κ3) is 1.66. The molecule has 1 heterocycles. The molecule has 1 nitrogen and oxygen atoms in total. The van der Waals surface area contributed by atoms with Crippen LogP contribution in [-0.4, -0.2) is 24.5 Å². The predicted octanol–water partition coefficient (Wildman–Crippen LogP) is 2.05. The molecule has 1 aliphatic rings.